The lowest BCUT2D eigenvalue weighted by molar-refractivity contribution is 0.0773. The molecule has 3 aromatic carbocycles. The minimum atomic E-state index is -0.232. The summed E-state index contributed by atoms with van der Waals surface area (Å²) in [6, 6.07) is 20.8. The molecule has 1 aliphatic heterocycles. The van der Waals surface area contributed by atoms with E-state index in [1.165, 1.54) is 0 Å². The van der Waals surface area contributed by atoms with Crippen LogP contribution in [-0.4, -0.2) is 69.7 Å². The molecule has 3 aromatic rings. The maximum absolute atomic E-state index is 13.6. The minimum Gasteiger partial charge on any atom is -0.495 e. The van der Waals surface area contributed by atoms with E-state index in [4.69, 9.17) is 9.47 Å². The monoisotopic (exact) mass is 558 g/mol. The van der Waals surface area contributed by atoms with Crippen LogP contribution in [0.1, 0.15) is 54.3 Å². The molecule has 0 aliphatic carbocycles. The van der Waals surface area contributed by atoms with Crippen LogP contribution in [0.4, 0.5) is 17.1 Å². The number of hydrogen-bond acceptors (Lipinski definition) is 6. The van der Waals surface area contributed by atoms with Crippen molar-refractivity contribution < 1.29 is 19.1 Å². The van der Waals surface area contributed by atoms with Crippen LogP contribution in [0.15, 0.2) is 66.7 Å². The van der Waals surface area contributed by atoms with Crippen LogP contribution in [-0.2, 0) is 0 Å². The first kappa shape index (κ1) is 29.8. The number of hydrogen-bond donors (Lipinski definition) is 1. The highest BCUT2D eigenvalue weighted by Gasteiger charge is 2.25. The highest BCUT2D eigenvalue weighted by Crippen LogP contribution is 2.31. The molecule has 8 nitrogen and oxygen atoms in total. The Kier molecular flexibility index (Phi) is 10.5. The molecule has 0 radical (unpaired) electrons. The highest BCUT2D eigenvalue weighted by atomic mass is 16.5. The Bertz CT molecular complexity index is 1300. The van der Waals surface area contributed by atoms with Crippen LogP contribution < -0.4 is 24.6 Å². The number of anilines is 3. The zero-order valence-electron chi connectivity index (χ0n) is 24.7. The fourth-order valence-corrected chi connectivity index (χ4v) is 5.06. The van der Waals surface area contributed by atoms with E-state index in [-0.39, 0.29) is 11.8 Å². The van der Waals surface area contributed by atoms with E-state index in [9.17, 15) is 9.59 Å². The molecule has 0 atom stereocenters. The molecule has 41 heavy (non-hydrogen) atoms. The van der Waals surface area contributed by atoms with Gasteiger partial charge in [-0.15, -0.1) is 0 Å². The second-order valence-electron chi connectivity index (χ2n) is 10.0. The predicted molar refractivity (Wildman–Crippen MR) is 166 cm³/mol. The number of carbonyl (C=O) groups is 2. The Morgan fingerprint density at radius 3 is 2.15 bits per heavy atom. The molecule has 1 aliphatic rings. The van der Waals surface area contributed by atoms with Gasteiger partial charge in [-0.1, -0.05) is 25.5 Å². The average Bonchev–Trinajstić information content (AvgIpc) is 3.02. The summed E-state index contributed by atoms with van der Waals surface area (Å²) < 4.78 is 11.3. The van der Waals surface area contributed by atoms with Gasteiger partial charge in [-0.2, -0.15) is 0 Å². The molecule has 4 rings (SSSR count). The first-order valence-electron chi connectivity index (χ1n) is 14.6. The molecule has 218 valence electrons. The van der Waals surface area contributed by atoms with Gasteiger partial charge in [0, 0.05) is 56.2 Å². The molecule has 1 fully saturated rings. The van der Waals surface area contributed by atoms with E-state index < -0.39 is 0 Å². The predicted octanol–water partition coefficient (Wildman–Crippen LogP) is 5.94. The van der Waals surface area contributed by atoms with Crippen molar-refractivity contribution in [1.82, 2.24) is 4.90 Å². The Morgan fingerprint density at radius 2 is 1.51 bits per heavy atom. The number of nitrogens with one attached hydrogen (secondary N) is 1. The molecule has 1 heterocycles. The number of unbranched alkanes of at least 4 members (excludes halogenated alkanes) is 1. The summed E-state index contributed by atoms with van der Waals surface area (Å²) in [6.45, 7) is 11.1. The lowest BCUT2D eigenvalue weighted by Crippen LogP contribution is -2.47. The molecule has 0 unspecified atom stereocenters. The van der Waals surface area contributed by atoms with Crippen molar-refractivity contribution in [3.63, 3.8) is 0 Å². The SMILES string of the molecule is CCCCOc1ccc(C(=O)Nc2ccc(N3CCN(c4ccccc4OC)CC3)c(C(=O)N(CC)CC)c2)cc1. The number of benzene rings is 3. The van der Waals surface area contributed by atoms with Gasteiger partial charge in [-0.05, 0) is 74.9 Å². The Morgan fingerprint density at radius 1 is 0.854 bits per heavy atom. The summed E-state index contributed by atoms with van der Waals surface area (Å²) in [5.74, 6) is 1.33. The summed E-state index contributed by atoms with van der Waals surface area (Å²) in [5, 5.41) is 2.98. The van der Waals surface area contributed by atoms with Crippen molar-refractivity contribution in [2.75, 3.05) is 68.1 Å². The van der Waals surface area contributed by atoms with Gasteiger partial charge in [-0.25, -0.2) is 0 Å². The summed E-state index contributed by atoms with van der Waals surface area (Å²) in [7, 11) is 1.69. The molecule has 0 saturated carbocycles. The fourth-order valence-electron chi connectivity index (χ4n) is 5.06. The fraction of sp³-hybridized carbons (Fsp3) is 0.394. The Balaban J connectivity index is 1.51. The number of nitrogens with zero attached hydrogens (tertiary/aromatic N) is 3. The number of carbonyl (C=O) groups excluding carboxylic acids is 2. The van der Waals surface area contributed by atoms with Crippen LogP contribution in [0.5, 0.6) is 11.5 Å². The van der Waals surface area contributed by atoms with Crippen LogP contribution in [0.25, 0.3) is 0 Å². The van der Waals surface area contributed by atoms with Gasteiger partial charge in [0.2, 0.25) is 0 Å². The van der Waals surface area contributed by atoms with Gasteiger partial charge in [0.25, 0.3) is 11.8 Å². The van der Waals surface area contributed by atoms with Gasteiger partial charge in [-0.3, -0.25) is 9.59 Å². The normalized spacial score (nSPS) is 13.1. The first-order chi connectivity index (χ1) is 20.0. The summed E-state index contributed by atoms with van der Waals surface area (Å²) >= 11 is 0. The maximum Gasteiger partial charge on any atom is 0.256 e. The number of rotatable bonds is 12. The van der Waals surface area contributed by atoms with E-state index in [0.717, 1.165) is 61.9 Å². The molecule has 1 N–H and O–H groups in total. The third kappa shape index (κ3) is 7.31. The maximum atomic E-state index is 13.6. The molecule has 0 aromatic heterocycles. The first-order valence-corrected chi connectivity index (χ1v) is 14.6. The van der Waals surface area contributed by atoms with Crippen molar-refractivity contribution >= 4 is 28.9 Å². The van der Waals surface area contributed by atoms with Crippen LogP contribution in [0, 0.1) is 0 Å². The van der Waals surface area contributed by atoms with Crippen molar-refractivity contribution in [3.8, 4) is 11.5 Å². The third-order valence-corrected chi connectivity index (χ3v) is 7.46. The summed E-state index contributed by atoms with van der Waals surface area (Å²) in [4.78, 5) is 33.1. The summed E-state index contributed by atoms with van der Waals surface area (Å²) in [5.41, 5.74) is 3.67. The van der Waals surface area contributed by atoms with Gasteiger partial charge in [0.15, 0.2) is 0 Å². The van der Waals surface area contributed by atoms with Gasteiger partial charge >= 0.3 is 0 Å². The summed E-state index contributed by atoms with van der Waals surface area (Å²) in [6.07, 6.45) is 2.06. The molecular weight excluding hydrogens is 516 g/mol. The number of amides is 2. The van der Waals surface area contributed by atoms with Gasteiger partial charge in [0.05, 0.1) is 25.0 Å². The zero-order valence-corrected chi connectivity index (χ0v) is 24.7. The van der Waals surface area contributed by atoms with Crippen molar-refractivity contribution in [3.05, 3.63) is 77.9 Å². The van der Waals surface area contributed by atoms with E-state index in [1.54, 1.807) is 19.2 Å². The Labute approximate surface area is 243 Å². The number of piperazine rings is 1. The van der Waals surface area contributed by atoms with Crippen LogP contribution in [0.2, 0.25) is 0 Å². The zero-order chi connectivity index (χ0) is 29.2. The second-order valence-corrected chi connectivity index (χ2v) is 10.0. The lowest BCUT2D eigenvalue weighted by atomic mass is 10.1. The molecule has 2 amide bonds. The van der Waals surface area contributed by atoms with Crippen LogP contribution in [0.3, 0.4) is 0 Å². The van der Waals surface area contributed by atoms with Gasteiger partial charge < -0.3 is 29.5 Å². The lowest BCUT2D eigenvalue weighted by Gasteiger charge is -2.38. The van der Waals surface area contributed by atoms with Gasteiger partial charge in [0.1, 0.15) is 11.5 Å². The second kappa shape index (κ2) is 14.4. The highest BCUT2D eigenvalue weighted by molar-refractivity contribution is 6.06. The topological polar surface area (TPSA) is 74.4 Å². The Hall–Kier alpha value is -4.20. The molecule has 0 bridgehead atoms. The molecular formula is C33H42N4O4. The van der Waals surface area contributed by atoms with E-state index in [0.29, 0.717) is 36.5 Å². The molecule has 8 heteroatoms. The largest absolute Gasteiger partial charge is 0.495 e. The molecule has 0 spiro atoms. The van der Waals surface area contributed by atoms with Crippen molar-refractivity contribution in [2.24, 2.45) is 0 Å². The third-order valence-electron chi connectivity index (χ3n) is 7.46. The number of para-hydroxylation sites is 2. The standard InChI is InChI=1S/C33H42N4O4/c1-5-8-23-41-27-16-13-25(14-17-27)32(38)34-26-15-18-29(28(24-26)33(39)35(6-2)7-3)36-19-21-37(22-20-36)30-11-9-10-12-31(30)40-4/h9-18,24H,5-8,19-23H2,1-4H3,(H,34,38). The number of methoxy groups -OCH3 is 1. The average molecular weight is 559 g/mol. The van der Waals surface area contributed by atoms with Crippen LogP contribution >= 0.6 is 0 Å². The van der Waals surface area contributed by atoms with Crippen molar-refractivity contribution in [2.45, 2.75) is 33.6 Å². The minimum absolute atomic E-state index is 0.0400. The number of ether oxygens (including phenoxy) is 2. The van der Waals surface area contributed by atoms with E-state index in [2.05, 4.69) is 28.1 Å². The van der Waals surface area contributed by atoms with Crippen molar-refractivity contribution in [1.29, 1.82) is 0 Å². The van der Waals surface area contributed by atoms with E-state index >= 15 is 0 Å². The van der Waals surface area contributed by atoms with E-state index in [1.807, 2.05) is 67.3 Å². The quantitative estimate of drug-likeness (QED) is 0.278. The smallest absolute Gasteiger partial charge is 0.256 e. The molecule has 1 saturated heterocycles.